The number of benzene rings is 1. The third kappa shape index (κ3) is 16.0. The van der Waals surface area contributed by atoms with Crippen LogP contribution in [-0.4, -0.2) is 0 Å². The first-order valence-corrected chi connectivity index (χ1v) is 8.44. The van der Waals surface area contributed by atoms with Crippen molar-refractivity contribution in [2.24, 2.45) is 0 Å². The Bertz CT molecular complexity index is 527. The number of hydrogen-bond donors (Lipinski definition) is 0. The summed E-state index contributed by atoms with van der Waals surface area (Å²) in [6.07, 6.45) is 16.8. The standard InChI is InChI=1S/C10H10.C8H14.C6H10/c1-2-3-7-10-8-5-4-6-9-10;1-5-7(3)8(4)6-2;1-3-5-6-4-2/h2-9H,1H2;5H,1,6H2,2-4H3;3-6H,1-2H3. The van der Waals surface area contributed by atoms with Crippen LogP contribution in [0.2, 0.25) is 0 Å². The molecule has 1 aromatic carbocycles. The maximum Gasteiger partial charge on any atom is -0.0257 e. The van der Waals surface area contributed by atoms with Crippen LogP contribution in [0.1, 0.15) is 46.6 Å². The molecule has 0 aliphatic carbocycles. The van der Waals surface area contributed by atoms with Gasteiger partial charge in [0.2, 0.25) is 0 Å². The van der Waals surface area contributed by atoms with Crippen LogP contribution >= 0.6 is 0 Å². The summed E-state index contributed by atoms with van der Waals surface area (Å²) in [6.45, 7) is 17.6. The van der Waals surface area contributed by atoms with Crippen LogP contribution in [0.15, 0.2) is 97.2 Å². The predicted molar refractivity (Wildman–Crippen MR) is 114 cm³/mol. The van der Waals surface area contributed by atoms with Crippen LogP contribution in [0.4, 0.5) is 0 Å². The summed E-state index contributed by atoms with van der Waals surface area (Å²) >= 11 is 0. The zero-order valence-electron chi connectivity index (χ0n) is 16.1. The summed E-state index contributed by atoms with van der Waals surface area (Å²) in [7, 11) is 0. The second kappa shape index (κ2) is 18.7. The van der Waals surface area contributed by atoms with E-state index >= 15 is 0 Å². The summed E-state index contributed by atoms with van der Waals surface area (Å²) in [6, 6.07) is 10.1. The highest BCUT2D eigenvalue weighted by Crippen LogP contribution is 2.06. The third-order valence-corrected chi connectivity index (χ3v) is 3.23. The zero-order chi connectivity index (χ0) is 18.6. The molecule has 0 aromatic heterocycles. The summed E-state index contributed by atoms with van der Waals surface area (Å²) in [5.74, 6) is 0. The van der Waals surface area contributed by atoms with Crippen molar-refractivity contribution < 1.29 is 0 Å². The second-order valence-corrected chi connectivity index (χ2v) is 5.08. The Hall–Kier alpha value is -2.34. The van der Waals surface area contributed by atoms with Crippen LogP contribution in [0.3, 0.4) is 0 Å². The minimum atomic E-state index is 1.14. The van der Waals surface area contributed by atoms with Crippen molar-refractivity contribution in [3.63, 3.8) is 0 Å². The largest absolute Gasteiger partial charge is 0.0991 e. The molecular formula is C24H34. The smallest absolute Gasteiger partial charge is 0.0257 e. The van der Waals surface area contributed by atoms with E-state index in [0.29, 0.717) is 0 Å². The van der Waals surface area contributed by atoms with E-state index in [9.17, 15) is 0 Å². The number of rotatable bonds is 5. The lowest BCUT2D eigenvalue weighted by Gasteiger charge is -1.96. The van der Waals surface area contributed by atoms with Crippen LogP contribution < -0.4 is 0 Å². The minimum absolute atomic E-state index is 1.14. The molecule has 0 atom stereocenters. The lowest BCUT2D eigenvalue weighted by Crippen LogP contribution is -1.75. The van der Waals surface area contributed by atoms with Crippen molar-refractivity contribution in [2.75, 3.05) is 0 Å². The van der Waals surface area contributed by atoms with Gasteiger partial charge in [0.25, 0.3) is 0 Å². The third-order valence-electron chi connectivity index (χ3n) is 3.23. The molecule has 1 rings (SSSR count). The van der Waals surface area contributed by atoms with Crippen LogP contribution in [-0.2, 0) is 0 Å². The fraction of sp³-hybridized carbons (Fsp3) is 0.250. The Morgan fingerprint density at radius 2 is 1.46 bits per heavy atom. The summed E-state index contributed by atoms with van der Waals surface area (Å²) in [4.78, 5) is 0. The fourth-order valence-electron chi connectivity index (χ4n) is 1.42. The number of allylic oxidation sites excluding steroid dienone is 9. The predicted octanol–water partition coefficient (Wildman–Crippen LogP) is 7.94. The summed E-state index contributed by atoms with van der Waals surface area (Å²) in [5.41, 5.74) is 3.95. The van der Waals surface area contributed by atoms with Gasteiger partial charge in [-0.1, -0.05) is 110 Å². The van der Waals surface area contributed by atoms with Crippen LogP contribution in [0.5, 0.6) is 0 Å². The molecule has 24 heavy (non-hydrogen) atoms. The average molecular weight is 323 g/mol. The molecule has 0 heteroatoms. The molecule has 1 aromatic rings. The number of hydrogen-bond acceptors (Lipinski definition) is 0. The lowest BCUT2D eigenvalue weighted by molar-refractivity contribution is 1.07. The monoisotopic (exact) mass is 322 g/mol. The summed E-state index contributed by atoms with van der Waals surface area (Å²) in [5, 5.41) is 0. The van der Waals surface area contributed by atoms with Gasteiger partial charge in [0, 0.05) is 0 Å². The second-order valence-electron chi connectivity index (χ2n) is 5.08. The first kappa shape index (κ1) is 23.9. The molecule has 0 unspecified atom stereocenters. The molecule has 0 aliphatic rings. The van der Waals surface area contributed by atoms with Crippen molar-refractivity contribution in [1.29, 1.82) is 0 Å². The van der Waals surface area contributed by atoms with E-state index in [2.05, 4.69) is 46.1 Å². The maximum atomic E-state index is 3.67. The molecule has 0 nitrogen and oxygen atoms in total. The van der Waals surface area contributed by atoms with Gasteiger partial charge in [-0.15, -0.1) is 0 Å². The SMILES string of the molecule is C=CC(C)=C(C)CC.C=CC=Cc1ccccc1.CC=CC=CC. The van der Waals surface area contributed by atoms with Gasteiger partial charge in [-0.2, -0.15) is 0 Å². The van der Waals surface area contributed by atoms with E-state index in [1.165, 1.54) is 16.7 Å². The molecule has 0 fully saturated rings. The molecule has 0 bridgehead atoms. The Labute approximate surface area is 150 Å². The molecular weight excluding hydrogens is 288 g/mol. The Balaban J connectivity index is 0. The molecule has 0 amide bonds. The lowest BCUT2D eigenvalue weighted by atomic mass is 10.1. The highest BCUT2D eigenvalue weighted by molar-refractivity contribution is 5.50. The van der Waals surface area contributed by atoms with E-state index in [0.717, 1.165) is 6.42 Å². The van der Waals surface area contributed by atoms with Crippen molar-refractivity contribution >= 4 is 6.08 Å². The van der Waals surface area contributed by atoms with Crippen molar-refractivity contribution in [2.45, 2.75) is 41.0 Å². The van der Waals surface area contributed by atoms with Crippen LogP contribution in [0.25, 0.3) is 6.08 Å². The van der Waals surface area contributed by atoms with Gasteiger partial charge in [-0.3, -0.25) is 0 Å². The van der Waals surface area contributed by atoms with Gasteiger partial charge in [0.15, 0.2) is 0 Å². The molecule has 0 saturated heterocycles. The molecule has 130 valence electrons. The quantitative estimate of drug-likeness (QED) is 0.482. The highest BCUT2D eigenvalue weighted by Gasteiger charge is 1.85. The van der Waals surface area contributed by atoms with Gasteiger partial charge < -0.3 is 0 Å². The normalized spacial score (nSPS) is 11.4. The van der Waals surface area contributed by atoms with E-state index in [4.69, 9.17) is 0 Å². The summed E-state index contributed by atoms with van der Waals surface area (Å²) < 4.78 is 0. The molecule has 0 radical (unpaired) electrons. The topological polar surface area (TPSA) is 0 Å². The maximum absolute atomic E-state index is 3.67. The van der Waals surface area contributed by atoms with Gasteiger partial charge in [0.05, 0.1) is 0 Å². The van der Waals surface area contributed by atoms with Gasteiger partial charge >= 0.3 is 0 Å². The molecule has 0 saturated carbocycles. The highest BCUT2D eigenvalue weighted by atomic mass is 13.9. The van der Waals surface area contributed by atoms with Gasteiger partial charge in [-0.05, 0) is 39.7 Å². The fourth-order valence-corrected chi connectivity index (χ4v) is 1.42. The Kier molecular flexibility index (Phi) is 18.6. The van der Waals surface area contributed by atoms with E-state index in [1.54, 1.807) is 6.08 Å². The molecule has 0 heterocycles. The first-order valence-electron chi connectivity index (χ1n) is 8.44. The molecule has 0 N–H and O–H groups in total. The minimum Gasteiger partial charge on any atom is -0.0991 e. The van der Waals surface area contributed by atoms with E-state index < -0.39 is 0 Å². The van der Waals surface area contributed by atoms with Crippen molar-refractivity contribution in [1.82, 2.24) is 0 Å². The zero-order valence-corrected chi connectivity index (χ0v) is 16.1. The first-order chi connectivity index (χ1) is 11.6. The van der Waals surface area contributed by atoms with Crippen molar-refractivity contribution in [3.05, 3.63) is 103 Å². The van der Waals surface area contributed by atoms with E-state index in [1.807, 2.05) is 74.6 Å². The Morgan fingerprint density at radius 1 is 0.917 bits per heavy atom. The van der Waals surface area contributed by atoms with Crippen LogP contribution in [0, 0.1) is 0 Å². The molecule has 0 spiro atoms. The van der Waals surface area contributed by atoms with E-state index in [-0.39, 0.29) is 0 Å². The van der Waals surface area contributed by atoms with Crippen molar-refractivity contribution in [3.8, 4) is 0 Å². The average Bonchev–Trinajstić information content (AvgIpc) is 2.65. The Morgan fingerprint density at radius 3 is 1.79 bits per heavy atom. The van der Waals surface area contributed by atoms with Gasteiger partial charge in [0.1, 0.15) is 0 Å². The molecule has 0 aliphatic heterocycles. The van der Waals surface area contributed by atoms with Gasteiger partial charge in [-0.25, -0.2) is 0 Å².